The molecule has 5 aliphatic carbocycles. The van der Waals surface area contributed by atoms with Crippen LogP contribution in [-0.4, -0.2) is 49.8 Å². The quantitative estimate of drug-likeness (QED) is 0.142. The maximum Gasteiger partial charge on any atom is 0.141 e. The average Bonchev–Trinajstić information content (AvgIpc) is 1.65. The van der Waals surface area contributed by atoms with E-state index in [2.05, 4.69) is 283 Å². The molecule has 0 saturated heterocycles. The molecular formula is C125H85N15. The Kier molecular flexibility index (Phi) is 16.8. The fraction of sp³-hybridized carbons (Fsp3) is 0.120. The van der Waals surface area contributed by atoms with Crippen molar-refractivity contribution in [2.24, 2.45) is 0 Å². The fourth-order valence-electron chi connectivity index (χ4n) is 26.7. The summed E-state index contributed by atoms with van der Waals surface area (Å²) in [5, 5.41) is 0. The first-order valence-electron chi connectivity index (χ1n) is 49.0. The zero-order valence-corrected chi connectivity index (χ0v) is 76.6. The van der Waals surface area contributed by atoms with E-state index in [4.69, 9.17) is 9.97 Å². The van der Waals surface area contributed by atoms with E-state index < -0.39 is 0 Å². The minimum Gasteiger partial charge on any atom is -0.308 e. The first-order valence-corrected chi connectivity index (χ1v) is 49.0. The Labute approximate surface area is 809 Å². The Morgan fingerprint density at radius 2 is 0.407 bits per heavy atom. The number of hydrogen-bond donors (Lipinski definition) is 0. The van der Waals surface area contributed by atoms with E-state index in [-0.39, 0.29) is 0 Å². The number of pyridine rings is 10. The second-order valence-corrected chi connectivity index (χ2v) is 39.6. The monoisotopic (exact) mass is 1800 g/mol. The summed E-state index contributed by atoms with van der Waals surface area (Å²) in [6.07, 6.45) is 49.8. The van der Waals surface area contributed by atoms with Crippen molar-refractivity contribution < 1.29 is 0 Å². The van der Waals surface area contributed by atoms with Gasteiger partial charge < -0.3 is 19.6 Å². The first kappa shape index (κ1) is 77.9. The van der Waals surface area contributed by atoms with Crippen molar-refractivity contribution in [2.45, 2.75) is 96.3 Å². The van der Waals surface area contributed by atoms with Gasteiger partial charge in [0.15, 0.2) is 0 Å². The zero-order chi connectivity index (χ0) is 91.2. The van der Waals surface area contributed by atoms with Gasteiger partial charge in [-0.2, -0.15) is 0 Å². The third kappa shape index (κ3) is 11.5. The highest BCUT2D eigenvalue weighted by molar-refractivity contribution is 6.02. The molecule has 10 aromatic heterocycles. The Morgan fingerprint density at radius 1 is 0.157 bits per heavy atom. The average molecular weight is 1800 g/mol. The minimum absolute atomic E-state index is 0.891. The molecule has 10 aromatic carbocycles. The van der Waals surface area contributed by atoms with E-state index in [1.165, 1.54) is 297 Å². The third-order valence-corrected chi connectivity index (χ3v) is 32.2. The molecule has 15 aliphatic rings. The molecule has 0 amide bonds. The molecule has 0 spiro atoms. The van der Waals surface area contributed by atoms with Crippen LogP contribution in [0.25, 0.3) is 55.6 Å². The number of anilines is 15. The highest BCUT2D eigenvalue weighted by Gasteiger charge is 2.44. The Hall–Kier alpha value is -17.3. The SMILES string of the molecule is c1ccc2c(c1)Cc1cc3c4c(c1-2)Cc1cccnc1N4c1ccncc1C3.c1ccc2c(c1)Cc1cc3c4c(c1-2)Cc1ccncc1N4c1ccncc1C3.c1ccc2c(c1)Cc1cc3c4c(c1-2)Cc1ccncc1N4c1cnccc1C3.c1ccc2c(c1)Cc1cc3c4c(c1-2)Cc1cnccc1N4c1cnccc1C3.c1ccc2c(c1)Cc1cc3c4c(c1-2)Cc1ncccc1N4c1cnccc1C3. The van der Waals surface area contributed by atoms with Gasteiger partial charge in [-0.3, -0.25) is 49.8 Å². The molecule has 0 atom stereocenters. The number of fused-ring (bicyclic) bond motifs is 40. The molecule has 20 heterocycles. The molecule has 0 fully saturated rings. The van der Waals surface area contributed by atoms with Gasteiger partial charge in [-0.05, 0) is 316 Å². The lowest BCUT2D eigenvalue weighted by atomic mass is 9.83. The highest BCUT2D eigenvalue weighted by atomic mass is 15.2. The molecule has 0 saturated carbocycles. The number of hydrogen-bond acceptors (Lipinski definition) is 15. The van der Waals surface area contributed by atoms with Gasteiger partial charge in [-0.1, -0.05) is 158 Å². The summed E-state index contributed by atoms with van der Waals surface area (Å²) >= 11 is 0. The van der Waals surface area contributed by atoms with E-state index in [9.17, 15) is 0 Å². The lowest BCUT2D eigenvalue weighted by Gasteiger charge is -2.40. The molecule has 15 nitrogen and oxygen atoms in total. The van der Waals surface area contributed by atoms with Crippen LogP contribution >= 0.6 is 0 Å². The van der Waals surface area contributed by atoms with Gasteiger partial charge in [-0.25, -0.2) is 4.98 Å². The summed E-state index contributed by atoms with van der Waals surface area (Å²) in [4.78, 5) is 57.0. The van der Waals surface area contributed by atoms with E-state index in [0.29, 0.717) is 0 Å². The third-order valence-electron chi connectivity index (χ3n) is 32.2. The van der Waals surface area contributed by atoms with Gasteiger partial charge >= 0.3 is 0 Å². The number of rotatable bonds is 0. The topological polar surface area (TPSA) is 145 Å². The summed E-state index contributed by atoms with van der Waals surface area (Å²) in [5.74, 6) is 1.06. The molecule has 0 radical (unpaired) electrons. The van der Waals surface area contributed by atoms with Crippen molar-refractivity contribution in [1.29, 1.82) is 0 Å². The van der Waals surface area contributed by atoms with Crippen LogP contribution in [0.15, 0.2) is 336 Å². The van der Waals surface area contributed by atoms with Crippen molar-refractivity contribution in [3.8, 4) is 55.6 Å². The molecule has 0 N–H and O–H groups in total. The van der Waals surface area contributed by atoms with Crippen molar-refractivity contribution in [3.05, 3.63) is 503 Å². The van der Waals surface area contributed by atoms with Crippen LogP contribution in [0.3, 0.4) is 0 Å². The smallest absolute Gasteiger partial charge is 0.141 e. The van der Waals surface area contributed by atoms with Crippen molar-refractivity contribution >= 4 is 85.4 Å². The molecule has 660 valence electrons. The lowest BCUT2D eigenvalue weighted by Crippen LogP contribution is -2.26. The number of aromatic nitrogens is 10. The lowest BCUT2D eigenvalue weighted by molar-refractivity contribution is 0.963. The maximum absolute atomic E-state index is 4.79. The summed E-state index contributed by atoms with van der Waals surface area (Å²) in [6, 6.07) is 82.4. The standard InChI is InChI=1S/5C25H17N3/c1-2-6-20-15(4-1)10-17-11-18-12-19-14-26-9-7-22(19)28-24(18)21(23(17)20)13-16-5-3-8-27-25(16)28;1-2-5-19-15(4-1)10-17-12-18-11-16-7-9-26-14-23(16)28-22-6-3-8-27-21(22)13-20(24(17)19)25(18)28;1-2-4-20-15(3-1)9-17-10-18-11-19-13-26-8-6-22(19)28-23-14-27-7-5-16(23)12-21(24(17)20)25(18)28;1-2-4-20-15(3-1)9-17-11-18-10-16-5-7-27-14-23(16)28-22-6-8-26-13-19(22)12-21(24(17)20)25(18)28;1-2-4-20-15(3-1)9-18-11-19-10-16-5-7-26-13-22(16)28-23-14-27-8-6-17(23)12-21(24(18)20)25(19)28/h1-9,11,14H,10,12-13H2;1-9,12,14H,10-11,13H2;1-8,10,13-14H,9,11-12H2;2*1-8,11,13-14H,9-10,12H2. The molecular weight excluding hydrogens is 1710 g/mol. The molecule has 140 heavy (non-hydrogen) atoms. The second kappa shape index (κ2) is 30.1. The minimum atomic E-state index is 0.891. The normalized spacial score (nSPS) is 14.6. The van der Waals surface area contributed by atoms with Crippen LogP contribution in [0.1, 0.15) is 167 Å². The van der Waals surface area contributed by atoms with Crippen LogP contribution < -0.4 is 24.5 Å². The molecule has 15 heteroatoms. The largest absolute Gasteiger partial charge is 0.308 e. The number of benzene rings is 10. The summed E-state index contributed by atoms with van der Waals surface area (Å²) in [7, 11) is 0. The first-order chi connectivity index (χ1) is 69.4. The van der Waals surface area contributed by atoms with E-state index in [0.717, 1.165) is 108 Å². The van der Waals surface area contributed by atoms with Gasteiger partial charge in [0.05, 0.1) is 116 Å². The van der Waals surface area contributed by atoms with Crippen LogP contribution in [0.5, 0.6) is 0 Å². The van der Waals surface area contributed by atoms with Crippen LogP contribution in [0.4, 0.5) is 85.4 Å². The summed E-state index contributed by atoms with van der Waals surface area (Å²) in [5.41, 5.74) is 73.9. The van der Waals surface area contributed by atoms with Crippen molar-refractivity contribution in [1.82, 2.24) is 49.8 Å². The Bertz CT molecular complexity index is 7660. The molecule has 10 aliphatic heterocycles. The van der Waals surface area contributed by atoms with Gasteiger partial charge in [0.1, 0.15) is 5.82 Å². The Morgan fingerprint density at radius 3 is 0.779 bits per heavy atom. The number of nitrogens with zero attached hydrogens (tertiary/aromatic N) is 15. The summed E-state index contributed by atoms with van der Waals surface area (Å²) in [6.45, 7) is 0. The van der Waals surface area contributed by atoms with Gasteiger partial charge in [0.25, 0.3) is 0 Å². The highest BCUT2D eigenvalue weighted by Crippen LogP contribution is 2.63. The van der Waals surface area contributed by atoms with Crippen molar-refractivity contribution in [3.63, 3.8) is 0 Å². The van der Waals surface area contributed by atoms with Crippen LogP contribution in [0.2, 0.25) is 0 Å². The van der Waals surface area contributed by atoms with Gasteiger partial charge in [-0.15, -0.1) is 0 Å². The predicted molar refractivity (Wildman–Crippen MR) is 553 cm³/mol. The Balaban J connectivity index is 0.0000000806. The molecule has 35 rings (SSSR count). The fourth-order valence-corrected chi connectivity index (χ4v) is 26.7. The van der Waals surface area contributed by atoms with E-state index in [1.807, 2.05) is 118 Å². The predicted octanol–water partition coefficient (Wildman–Crippen LogP) is 26.6. The van der Waals surface area contributed by atoms with Crippen LogP contribution in [0, 0.1) is 0 Å². The zero-order valence-electron chi connectivity index (χ0n) is 76.6. The van der Waals surface area contributed by atoms with Gasteiger partial charge in [0.2, 0.25) is 0 Å². The van der Waals surface area contributed by atoms with Crippen LogP contribution in [-0.2, 0) is 96.3 Å². The molecule has 0 bridgehead atoms. The molecule has 0 unspecified atom stereocenters. The molecule has 20 aromatic rings. The van der Waals surface area contributed by atoms with E-state index in [1.54, 1.807) is 0 Å². The van der Waals surface area contributed by atoms with Gasteiger partial charge in [0, 0.05) is 145 Å². The second-order valence-electron chi connectivity index (χ2n) is 39.6. The van der Waals surface area contributed by atoms with Crippen molar-refractivity contribution in [2.75, 3.05) is 24.5 Å². The maximum atomic E-state index is 4.79. The van der Waals surface area contributed by atoms with E-state index >= 15 is 0 Å². The summed E-state index contributed by atoms with van der Waals surface area (Å²) < 4.78 is 0.